The summed E-state index contributed by atoms with van der Waals surface area (Å²) in [5.41, 5.74) is 2.36. The monoisotopic (exact) mass is 318 g/mol. The van der Waals surface area contributed by atoms with Gasteiger partial charge in [0.25, 0.3) is 0 Å². The van der Waals surface area contributed by atoms with Gasteiger partial charge in [0.15, 0.2) is 0 Å². The normalized spacial score (nSPS) is 12.0. The van der Waals surface area contributed by atoms with Crippen molar-refractivity contribution in [2.45, 2.75) is 25.9 Å². The van der Waals surface area contributed by atoms with Gasteiger partial charge in [0, 0.05) is 0 Å². The minimum Gasteiger partial charge on any atom is -0.494 e. The molecule has 0 radical (unpaired) electrons. The van der Waals surface area contributed by atoms with Gasteiger partial charge in [0.2, 0.25) is 0 Å². The first-order chi connectivity index (χ1) is 11.2. The molecule has 3 nitrogen and oxygen atoms in total. The fraction of sp³-hybridized carbons (Fsp3) is 0.368. The van der Waals surface area contributed by atoms with E-state index in [9.17, 15) is 4.39 Å². The Kier molecular flexibility index (Phi) is 6.88. The standard InChI is InChI=1S/C19H23FO3/c1-2-11-22-18-7-3-15(4-8-18)12-16-5-9-19(10-6-16)23-14-17(21)13-20/h3-10,17,21H,2,11-14H2,1H3. The molecule has 0 saturated heterocycles. The van der Waals surface area contributed by atoms with Crippen LogP contribution in [0.1, 0.15) is 24.5 Å². The molecule has 1 N–H and O–H groups in total. The Balaban J connectivity index is 1.87. The summed E-state index contributed by atoms with van der Waals surface area (Å²) in [6, 6.07) is 15.7. The van der Waals surface area contributed by atoms with E-state index in [1.165, 1.54) is 5.56 Å². The van der Waals surface area contributed by atoms with Gasteiger partial charge in [-0.15, -0.1) is 0 Å². The molecule has 0 bridgehead atoms. The van der Waals surface area contributed by atoms with Crippen LogP contribution in [0.3, 0.4) is 0 Å². The predicted molar refractivity (Wildman–Crippen MR) is 89.0 cm³/mol. The van der Waals surface area contributed by atoms with Gasteiger partial charge in [-0.25, -0.2) is 4.39 Å². The van der Waals surface area contributed by atoms with Crippen LogP contribution in [0, 0.1) is 0 Å². The number of rotatable bonds is 9. The Morgan fingerprint density at radius 1 is 0.913 bits per heavy atom. The molecule has 1 unspecified atom stereocenters. The maximum Gasteiger partial charge on any atom is 0.119 e. The van der Waals surface area contributed by atoms with Gasteiger partial charge >= 0.3 is 0 Å². The van der Waals surface area contributed by atoms with E-state index in [4.69, 9.17) is 14.6 Å². The minimum atomic E-state index is -1.07. The molecule has 0 spiro atoms. The van der Waals surface area contributed by atoms with E-state index in [2.05, 4.69) is 19.1 Å². The quantitative estimate of drug-likeness (QED) is 0.765. The molecule has 0 saturated carbocycles. The number of ether oxygens (including phenoxy) is 2. The number of aliphatic hydroxyl groups excluding tert-OH is 1. The van der Waals surface area contributed by atoms with Crippen LogP contribution in [-0.2, 0) is 6.42 Å². The number of hydrogen-bond acceptors (Lipinski definition) is 3. The topological polar surface area (TPSA) is 38.7 Å². The molecule has 2 rings (SSSR count). The molecule has 2 aromatic carbocycles. The highest BCUT2D eigenvalue weighted by atomic mass is 19.1. The predicted octanol–water partition coefficient (Wildman–Crippen LogP) is 3.78. The van der Waals surface area contributed by atoms with Gasteiger partial charge in [0.05, 0.1) is 6.61 Å². The lowest BCUT2D eigenvalue weighted by molar-refractivity contribution is 0.0842. The molecule has 0 fully saturated rings. The zero-order valence-corrected chi connectivity index (χ0v) is 13.4. The first-order valence-corrected chi connectivity index (χ1v) is 7.88. The lowest BCUT2D eigenvalue weighted by Crippen LogP contribution is -2.19. The Morgan fingerprint density at radius 3 is 1.91 bits per heavy atom. The molecule has 4 heteroatoms. The van der Waals surface area contributed by atoms with Crippen LogP contribution in [-0.4, -0.2) is 31.1 Å². The molecule has 23 heavy (non-hydrogen) atoms. The molecular formula is C19H23FO3. The molecule has 1 atom stereocenters. The maximum atomic E-state index is 12.2. The molecule has 0 aromatic heterocycles. The first kappa shape index (κ1) is 17.3. The number of hydrogen-bond donors (Lipinski definition) is 1. The summed E-state index contributed by atoms with van der Waals surface area (Å²) in [6.07, 6.45) is 0.753. The van der Waals surface area contributed by atoms with E-state index >= 15 is 0 Å². The highest BCUT2D eigenvalue weighted by Crippen LogP contribution is 2.18. The highest BCUT2D eigenvalue weighted by molar-refractivity contribution is 5.34. The van der Waals surface area contributed by atoms with E-state index in [-0.39, 0.29) is 6.61 Å². The summed E-state index contributed by atoms with van der Waals surface area (Å²) in [5.74, 6) is 1.52. The first-order valence-electron chi connectivity index (χ1n) is 7.88. The third kappa shape index (κ3) is 5.91. The number of benzene rings is 2. The lowest BCUT2D eigenvalue weighted by atomic mass is 10.0. The largest absolute Gasteiger partial charge is 0.494 e. The molecule has 0 aliphatic heterocycles. The Hall–Kier alpha value is -2.07. The van der Waals surface area contributed by atoms with Gasteiger partial charge in [-0.3, -0.25) is 0 Å². The smallest absolute Gasteiger partial charge is 0.119 e. The van der Waals surface area contributed by atoms with Crippen LogP contribution in [0.2, 0.25) is 0 Å². The van der Waals surface area contributed by atoms with E-state index < -0.39 is 12.8 Å². The summed E-state index contributed by atoms with van der Waals surface area (Å²) in [6.45, 7) is 1.99. The Labute approximate surface area is 136 Å². The average Bonchev–Trinajstić information content (AvgIpc) is 2.60. The van der Waals surface area contributed by atoms with Crippen molar-refractivity contribution in [3.8, 4) is 11.5 Å². The second kappa shape index (κ2) is 9.16. The van der Waals surface area contributed by atoms with E-state index in [0.717, 1.165) is 30.8 Å². The third-order valence-electron chi connectivity index (χ3n) is 3.35. The van der Waals surface area contributed by atoms with Crippen molar-refractivity contribution in [3.63, 3.8) is 0 Å². The lowest BCUT2D eigenvalue weighted by Gasteiger charge is -2.10. The summed E-state index contributed by atoms with van der Waals surface area (Å²) in [7, 11) is 0. The third-order valence-corrected chi connectivity index (χ3v) is 3.35. The Morgan fingerprint density at radius 2 is 1.43 bits per heavy atom. The minimum absolute atomic E-state index is 0.0327. The summed E-state index contributed by atoms with van der Waals surface area (Å²) < 4.78 is 23.0. The fourth-order valence-electron chi connectivity index (χ4n) is 2.10. The second-order valence-corrected chi connectivity index (χ2v) is 5.43. The van der Waals surface area contributed by atoms with Gasteiger partial charge in [-0.2, -0.15) is 0 Å². The maximum absolute atomic E-state index is 12.2. The molecule has 0 aliphatic rings. The van der Waals surface area contributed by atoms with Gasteiger partial charge in [-0.05, 0) is 48.2 Å². The van der Waals surface area contributed by atoms with Crippen LogP contribution in [0.15, 0.2) is 48.5 Å². The van der Waals surface area contributed by atoms with Gasteiger partial charge in [0.1, 0.15) is 30.9 Å². The second-order valence-electron chi connectivity index (χ2n) is 5.43. The van der Waals surface area contributed by atoms with Gasteiger partial charge < -0.3 is 14.6 Å². The molecule has 0 heterocycles. The van der Waals surface area contributed by atoms with Crippen molar-refractivity contribution in [1.82, 2.24) is 0 Å². The average molecular weight is 318 g/mol. The van der Waals surface area contributed by atoms with Crippen molar-refractivity contribution >= 4 is 0 Å². The van der Waals surface area contributed by atoms with E-state index in [1.807, 2.05) is 36.4 Å². The van der Waals surface area contributed by atoms with Crippen molar-refractivity contribution in [3.05, 3.63) is 59.7 Å². The van der Waals surface area contributed by atoms with E-state index in [1.54, 1.807) is 0 Å². The fourth-order valence-corrected chi connectivity index (χ4v) is 2.10. The van der Waals surface area contributed by atoms with Crippen molar-refractivity contribution in [2.24, 2.45) is 0 Å². The van der Waals surface area contributed by atoms with Crippen LogP contribution in [0.4, 0.5) is 4.39 Å². The number of halogens is 1. The summed E-state index contributed by atoms with van der Waals surface area (Å²) in [4.78, 5) is 0. The van der Waals surface area contributed by atoms with Crippen molar-refractivity contribution < 1.29 is 19.0 Å². The SMILES string of the molecule is CCCOc1ccc(Cc2ccc(OCC(O)CF)cc2)cc1. The van der Waals surface area contributed by atoms with Crippen molar-refractivity contribution in [2.75, 3.05) is 19.9 Å². The zero-order valence-electron chi connectivity index (χ0n) is 13.4. The number of aliphatic hydroxyl groups is 1. The molecule has 0 amide bonds. The van der Waals surface area contributed by atoms with Gasteiger partial charge in [-0.1, -0.05) is 31.2 Å². The zero-order chi connectivity index (χ0) is 16.5. The molecule has 0 aliphatic carbocycles. The van der Waals surface area contributed by atoms with Crippen molar-refractivity contribution in [1.29, 1.82) is 0 Å². The Bertz CT molecular complexity index is 566. The van der Waals surface area contributed by atoms with Crippen LogP contribution in [0.5, 0.6) is 11.5 Å². The molecular weight excluding hydrogens is 295 g/mol. The van der Waals surface area contributed by atoms with E-state index in [0.29, 0.717) is 5.75 Å². The summed E-state index contributed by atoms with van der Waals surface area (Å²) in [5, 5.41) is 9.13. The van der Waals surface area contributed by atoms with Crippen LogP contribution in [0.25, 0.3) is 0 Å². The molecule has 2 aromatic rings. The van der Waals surface area contributed by atoms with Crippen LogP contribution >= 0.6 is 0 Å². The summed E-state index contributed by atoms with van der Waals surface area (Å²) >= 11 is 0. The molecule has 124 valence electrons. The number of alkyl halides is 1. The highest BCUT2D eigenvalue weighted by Gasteiger charge is 2.04. The van der Waals surface area contributed by atoms with Crippen LogP contribution < -0.4 is 9.47 Å².